The van der Waals surface area contributed by atoms with Crippen LogP contribution in [-0.2, 0) is 17.9 Å². The molecule has 12 heteroatoms. The average Bonchev–Trinajstić information content (AvgIpc) is 3.54. The summed E-state index contributed by atoms with van der Waals surface area (Å²) in [4.78, 5) is 49.1. The van der Waals surface area contributed by atoms with E-state index in [9.17, 15) is 14.4 Å². The van der Waals surface area contributed by atoms with Gasteiger partial charge < -0.3 is 25.8 Å². The van der Waals surface area contributed by atoms with E-state index in [0.717, 1.165) is 28.0 Å². The molecule has 1 saturated carbocycles. The first-order valence-corrected chi connectivity index (χ1v) is 12.8. The van der Waals surface area contributed by atoms with Crippen molar-refractivity contribution >= 4 is 64.0 Å². The molecule has 2 aliphatic rings. The number of benzene rings is 1. The Bertz CT molecular complexity index is 1280. The highest BCUT2D eigenvalue weighted by Gasteiger charge is 2.37. The SMILES string of the molecule is CN(C)C(=O)[C@H]1CC[C@H](NC(=O)c2cc3cc(Cl)ccc3[nH]2)[C@H](NC(=O)c2nc3c(s2)CNC3)C1.Cl. The Labute approximate surface area is 223 Å². The van der Waals surface area contributed by atoms with Gasteiger partial charge in [-0.05, 0) is 43.5 Å². The number of thiazole rings is 1. The Balaban J connectivity index is 0.00000304. The van der Waals surface area contributed by atoms with Crippen molar-refractivity contribution in [3.63, 3.8) is 0 Å². The molecule has 3 amide bonds. The van der Waals surface area contributed by atoms with E-state index in [-0.39, 0.29) is 42.1 Å². The fraction of sp³-hybridized carbons (Fsp3) is 0.417. The molecule has 4 N–H and O–H groups in total. The van der Waals surface area contributed by atoms with Gasteiger partial charge in [-0.3, -0.25) is 14.4 Å². The molecule has 0 spiro atoms. The summed E-state index contributed by atoms with van der Waals surface area (Å²) in [6, 6.07) is 6.44. The van der Waals surface area contributed by atoms with Gasteiger partial charge in [-0.15, -0.1) is 23.7 Å². The molecule has 192 valence electrons. The maximum absolute atomic E-state index is 13.1. The summed E-state index contributed by atoms with van der Waals surface area (Å²) >= 11 is 7.46. The minimum atomic E-state index is -0.398. The van der Waals surface area contributed by atoms with E-state index in [0.29, 0.717) is 41.5 Å². The second-order valence-electron chi connectivity index (χ2n) is 9.31. The molecule has 3 atom stereocenters. The number of hydrogen-bond acceptors (Lipinski definition) is 6. The van der Waals surface area contributed by atoms with Gasteiger partial charge in [0.05, 0.1) is 11.7 Å². The third kappa shape index (κ3) is 5.36. The van der Waals surface area contributed by atoms with Crippen molar-refractivity contribution in [3.05, 3.63) is 50.6 Å². The third-order valence-electron chi connectivity index (χ3n) is 6.65. The Hall–Kier alpha value is -2.66. The van der Waals surface area contributed by atoms with Crippen LogP contribution in [-0.4, -0.2) is 58.8 Å². The lowest BCUT2D eigenvalue weighted by Gasteiger charge is -2.37. The first kappa shape index (κ1) is 26.4. The van der Waals surface area contributed by atoms with Crippen molar-refractivity contribution in [1.29, 1.82) is 0 Å². The fourth-order valence-corrected chi connectivity index (χ4v) is 5.98. The molecule has 9 nitrogen and oxygen atoms in total. The third-order valence-corrected chi connectivity index (χ3v) is 7.98. The van der Waals surface area contributed by atoms with Crippen LogP contribution in [0, 0.1) is 5.92 Å². The highest BCUT2D eigenvalue weighted by Crippen LogP contribution is 2.28. The van der Waals surface area contributed by atoms with Gasteiger partial charge in [0, 0.05) is 59.9 Å². The molecular weight excluding hydrogens is 523 g/mol. The van der Waals surface area contributed by atoms with E-state index in [1.807, 2.05) is 6.07 Å². The summed E-state index contributed by atoms with van der Waals surface area (Å²) < 4.78 is 0. The van der Waals surface area contributed by atoms with E-state index >= 15 is 0 Å². The van der Waals surface area contributed by atoms with Gasteiger partial charge >= 0.3 is 0 Å². The number of fused-ring (bicyclic) bond motifs is 2. The number of carbonyl (C=O) groups is 3. The minimum Gasteiger partial charge on any atom is -0.351 e. The van der Waals surface area contributed by atoms with Crippen molar-refractivity contribution in [3.8, 4) is 0 Å². The van der Waals surface area contributed by atoms with Gasteiger partial charge in [0.25, 0.3) is 11.8 Å². The summed E-state index contributed by atoms with van der Waals surface area (Å²) in [6.45, 7) is 1.38. The Morgan fingerprint density at radius 3 is 2.61 bits per heavy atom. The topological polar surface area (TPSA) is 119 Å². The second kappa shape index (κ2) is 10.8. The van der Waals surface area contributed by atoms with Gasteiger partial charge in [0.2, 0.25) is 5.91 Å². The van der Waals surface area contributed by atoms with E-state index in [1.165, 1.54) is 11.3 Å². The summed E-state index contributed by atoms with van der Waals surface area (Å²) in [7, 11) is 3.47. The number of carbonyl (C=O) groups excluding carboxylic acids is 3. The zero-order valence-corrected chi connectivity index (χ0v) is 22.3. The number of nitrogens with one attached hydrogen (secondary N) is 4. The number of rotatable bonds is 5. The molecule has 0 saturated heterocycles. The standard InChI is InChI=1S/C24H27ClN6O3S.ClH/c1-31(2)24(34)12-3-5-16(28-21(32)18-9-13-7-14(25)4-6-15(13)27-18)17(8-12)29-22(33)23-30-19-10-26-11-20(19)35-23;/h4,6-7,9,12,16-17,26-27H,3,5,8,10-11H2,1-2H3,(H,28,32)(H,29,33);1H/t12-,16-,17+;/m0./s1. The van der Waals surface area contributed by atoms with Crippen LogP contribution in [0.5, 0.6) is 0 Å². The highest BCUT2D eigenvalue weighted by molar-refractivity contribution is 7.13. The molecule has 3 heterocycles. The van der Waals surface area contributed by atoms with Crippen LogP contribution in [0.3, 0.4) is 0 Å². The van der Waals surface area contributed by atoms with Crippen LogP contribution in [0.15, 0.2) is 24.3 Å². The maximum atomic E-state index is 13.1. The predicted molar refractivity (Wildman–Crippen MR) is 142 cm³/mol. The molecule has 0 bridgehead atoms. The van der Waals surface area contributed by atoms with Crippen LogP contribution in [0.1, 0.15) is 50.1 Å². The van der Waals surface area contributed by atoms with E-state index < -0.39 is 6.04 Å². The monoisotopic (exact) mass is 550 g/mol. The van der Waals surface area contributed by atoms with Crippen molar-refractivity contribution < 1.29 is 14.4 Å². The molecule has 0 radical (unpaired) electrons. The second-order valence-corrected chi connectivity index (χ2v) is 10.8. The number of aromatic nitrogens is 2. The Morgan fingerprint density at radius 2 is 1.86 bits per heavy atom. The summed E-state index contributed by atoms with van der Waals surface area (Å²) in [5.74, 6) is -0.727. The normalized spacial score (nSPS) is 20.9. The average molecular weight is 552 g/mol. The zero-order valence-electron chi connectivity index (χ0n) is 19.9. The molecule has 1 aliphatic carbocycles. The van der Waals surface area contributed by atoms with Crippen LogP contribution >= 0.6 is 35.3 Å². The van der Waals surface area contributed by atoms with Crippen molar-refractivity contribution in [1.82, 2.24) is 30.8 Å². The van der Waals surface area contributed by atoms with Crippen molar-refractivity contribution in [2.75, 3.05) is 14.1 Å². The van der Waals surface area contributed by atoms with Gasteiger partial charge in [-0.1, -0.05) is 11.6 Å². The molecular formula is C24H28Cl2N6O3S. The lowest BCUT2D eigenvalue weighted by Crippen LogP contribution is -2.56. The quantitative estimate of drug-likeness (QED) is 0.389. The van der Waals surface area contributed by atoms with E-state index in [1.54, 1.807) is 37.2 Å². The number of H-pyrrole nitrogens is 1. The van der Waals surface area contributed by atoms with Crippen LogP contribution < -0.4 is 16.0 Å². The lowest BCUT2D eigenvalue weighted by molar-refractivity contribution is -0.134. The Morgan fingerprint density at radius 1 is 1.08 bits per heavy atom. The van der Waals surface area contributed by atoms with Crippen LogP contribution in [0.25, 0.3) is 10.9 Å². The van der Waals surface area contributed by atoms with Crippen molar-refractivity contribution in [2.45, 2.75) is 44.4 Å². The first-order valence-electron chi connectivity index (χ1n) is 11.6. The zero-order chi connectivity index (χ0) is 24.7. The maximum Gasteiger partial charge on any atom is 0.280 e. The minimum absolute atomic E-state index is 0. The molecule has 5 rings (SSSR count). The van der Waals surface area contributed by atoms with Crippen LogP contribution in [0.4, 0.5) is 0 Å². The van der Waals surface area contributed by atoms with Gasteiger partial charge in [-0.2, -0.15) is 0 Å². The van der Waals surface area contributed by atoms with Crippen molar-refractivity contribution in [2.24, 2.45) is 5.92 Å². The molecule has 3 aromatic rings. The first-order chi connectivity index (χ1) is 16.8. The number of hydrogen-bond donors (Lipinski definition) is 4. The molecule has 1 aliphatic heterocycles. The van der Waals surface area contributed by atoms with Gasteiger partial charge in [0.15, 0.2) is 5.01 Å². The highest BCUT2D eigenvalue weighted by atomic mass is 35.5. The predicted octanol–water partition coefficient (Wildman–Crippen LogP) is 3.09. The number of amides is 3. The number of halogens is 2. The molecule has 1 fully saturated rings. The van der Waals surface area contributed by atoms with Gasteiger partial charge in [0.1, 0.15) is 5.69 Å². The largest absolute Gasteiger partial charge is 0.351 e. The van der Waals surface area contributed by atoms with E-state index in [4.69, 9.17) is 11.6 Å². The van der Waals surface area contributed by atoms with Gasteiger partial charge in [-0.25, -0.2) is 4.98 Å². The molecule has 36 heavy (non-hydrogen) atoms. The summed E-state index contributed by atoms with van der Waals surface area (Å²) in [5, 5.41) is 11.2. The molecule has 1 aromatic carbocycles. The fourth-order valence-electron chi connectivity index (χ4n) is 4.85. The summed E-state index contributed by atoms with van der Waals surface area (Å²) in [6.07, 6.45) is 1.65. The summed E-state index contributed by atoms with van der Waals surface area (Å²) in [5.41, 5.74) is 2.15. The van der Waals surface area contributed by atoms with Crippen LogP contribution in [0.2, 0.25) is 5.02 Å². The molecule has 2 aromatic heterocycles. The lowest BCUT2D eigenvalue weighted by atomic mass is 9.81. The number of aromatic amines is 1. The number of nitrogens with zero attached hydrogens (tertiary/aromatic N) is 2. The smallest absolute Gasteiger partial charge is 0.280 e. The van der Waals surface area contributed by atoms with E-state index in [2.05, 4.69) is 25.9 Å². The Kier molecular flexibility index (Phi) is 7.89. The molecule has 0 unspecified atom stereocenters.